The highest BCUT2D eigenvalue weighted by Gasteiger charge is 2.14. The first-order valence-corrected chi connectivity index (χ1v) is 6.82. The number of carbonyl (C=O) groups excluding carboxylic acids is 1. The van der Waals surface area contributed by atoms with Gasteiger partial charge in [-0.3, -0.25) is 4.79 Å². The third kappa shape index (κ3) is 3.47. The fourth-order valence-electron chi connectivity index (χ4n) is 2.26. The van der Waals surface area contributed by atoms with Crippen molar-refractivity contribution in [3.8, 4) is 0 Å². The van der Waals surface area contributed by atoms with Crippen LogP contribution in [0.25, 0.3) is 0 Å². The lowest BCUT2D eigenvalue weighted by Crippen LogP contribution is -2.25. The van der Waals surface area contributed by atoms with Crippen LogP contribution < -0.4 is 5.32 Å². The van der Waals surface area contributed by atoms with Crippen molar-refractivity contribution in [1.29, 1.82) is 0 Å². The molecular weight excluding hydrogens is 248 g/mol. The molecule has 2 rings (SSSR count). The first-order valence-electron chi connectivity index (χ1n) is 6.44. The van der Waals surface area contributed by atoms with Crippen molar-refractivity contribution in [3.63, 3.8) is 0 Å². The molecule has 18 heavy (non-hydrogen) atoms. The average molecular weight is 267 g/mol. The number of hydrogen-bond donors (Lipinski definition) is 1. The van der Waals surface area contributed by atoms with Crippen LogP contribution >= 0.6 is 11.6 Å². The Morgan fingerprint density at radius 1 is 1.39 bits per heavy atom. The number of amides is 1. The maximum absolute atomic E-state index is 11.9. The summed E-state index contributed by atoms with van der Waals surface area (Å²) >= 11 is 6.08. The van der Waals surface area contributed by atoms with E-state index < -0.39 is 0 Å². The topological polar surface area (TPSA) is 32.3 Å². The van der Waals surface area contributed by atoms with Crippen LogP contribution in [0, 0.1) is 6.92 Å². The summed E-state index contributed by atoms with van der Waals surface area (Å²) in [7, 11) is 0. The van der Waals surface area contributed by atoms with Gasteiger partial charge in [0.1, 0.15) is 0 Å². The number of anilines is 1. The Morgan fingerprint density at radius 3 is 2.78 bits per heavy atom. The molecule has 0 aliphatic carbocycles. The van der Waals surface area contributed by atoms with E-state index in [0.717, 1.165) is 30.9 Å². The molecule has 0 aromatic heterocycles. The van der Waals surface area contributed by atoms with Crippen molar-refractivity contribution >= 4 is 23.2 Å². The molecule has 0 atom stereocenters. The van der Waals surface area contributed by atoms with Crippen LogP contribution in [0.3, 0.4) is 0 Å². The lowest BCUT2D eigenvalue weighted by molar-refractivity contribution is -0.116. The van der Waals surface area contributed by atoms with Gasteiger partial charge in [0.05, 0.1) is 10.7 Å². The van der Waals surface area contributed by atoms with Gasteiger partial charge in [-0.1, -0.05) is 23.7 Å². The summed E-state index contributed by atoms with van der Waals surface area (Å²) in [6.45, 7) is 5.04. The number of aryl methyl sites for hydroxylation is 1. The molecule has 1 aliphatic heterocycles. The van der Waals surface area contributed by atoms with E-state index in [9.17, 15) is 4.79 Å². The van der Waals surface area contributed by atoms with Crippen molar-refractivity contribution < 1.29 is 4.79 Å². The Bertz CT molecular complexity index is 408. The SMILES string of the molecule is Cc1cccc(Cl)c1NC(=O)CCN1CCCC1. The Hall–Kier alpha value is -1.06. The molecule has 1 saturated heterocycles. The largest absolute Gasteiger partial charge is 0.325 e. The lowest BCUT2D eigenvalue weighted by Gasteiger charge is -2.15. The second-order valence-corrected chi connectivity index (χ2v) is 5.19. The Labute approximate surface area is 113 Å². The summed E-state index contributed by atoms with van der Waals surface area (Å²) in [6.07, 6.45) is 3.04. The van der Waals surface area contributed by atoms with Crippen LogP contribution in [-0.4, -0.2) is 30.4 Å². The molecule has 1 aliphatic rings. The van der Waals surface area contributed by atoms with E-state index in [0.29, 0.717) is 11.4 Å². The monoisotopic (exact) mass is 266 g/mol. The predicted octanol–water partition coefficient (Wildman–Crippen LogP) is 3.07. The van der Waals surface area contributed by atoms with Crippen molar-refractivity contribution in [1.82, 2.24) is 4.90 Å². The molecular formula is C14H19ClN2O. The minimum Gasteiger partial charge on any atom is -0.325 e. The van der Waals surface area contributed by atoms with Crippen LogP contribution in [0.1, 0.15) is 24.8 Å². The van der Waals surface area contributed by atoms with E-state index >= 15 is 0 Å². The van der Waals surface area contributed by atoms with Crippen molar-refractivity contribution in [2.24, 2.45) is 0 Å². The molecule has 1 heterocycles. The summed E-state index contributed by atoms with van der Waals surface area (Å²) < 4.78 is 0. The number of para-hydroxylation sites is 1. The molecule has 1 aromatic rings. The summed E-state index contributed by atoms with van der Waals surface area (Å²) in [4.78, 5) is 14.2. The molecule has 0 bridgehead atoms. The van der Waals surface area contributed by atoms with Crippen LogP contribution in [-0.2, 0) is 4.79 Å². The summed E-state index contributed by atoms with van der Waals surface area (Å²) in [5.41, 5.74) is 1.74. The van der Waals surface area contributed by atoms with E-state index in [1.807, 2.05) is 19.1 Å². The number of halogens is 1. The fraction of sp³-hybridized carbons (Fsp3) is 0.500. The number of carbonyl (C=O) groups is 1. The highest BCUT2D eigenvalue weighted by Crippen LogP contribution is 2.25. The van der Waals surface area contributed by atoms with Crippen LogP contribution in [0.2, 0.25) is 5.02 Å². The van der Waals surface area contributed by atoms with E-state index in [1.165, 1.54) is 12.8 Å². The molecule has 1 amide bonds. The first-order chi connectivity index (χ1) is 8.66. The zero-order chi connectivity index (χ0) is 13.0. The van der Waals surface area contributed by atoms with Gasteiger partial charge in [0, 0.05) is 13.0 Å². The van der Waals surface area contributed by atoms with E-state index in [-0.39, 0.29) is 5.91 Å². The van der Waals surface area contributed by atoms with Crippen molar-refractivity contribution in [3.05, 3.63) is 28.8 Å². The average Bonchev–Trinajstić information content (AvgIpc) is 2.84. The van der Waals surface area contributed by atoms with Gasteiger partial charge in [0.15, 0.2) is 0 Å². The quantitative estimate of drug-likeness (QED) is 0.908. The van der Waals surface area contributed by atoms with Gasteiger partial charge in [0.25, 0.3) is 0 Å². The van der Waals surface area contributed by atoms with Gasteiger partial charge in [-0.05, 0) is 44.5 Å². The number of likely N-dealkylation sites (tertiary alicyclic amines) is 1. The highest BCUT2D eigenvalue weighted by molar-refractivity contribution is 6.33. The minimum absolute atomic E-state index is 0.0399. The van der Waals surface area contributed by atoms with Gasteiger partial charge >= 0.3 is 0 Å². The highest BCUT2D eigenvalue weighted by atomic mass is 35.5. The molecule has 3 nitrogen and oxygen atoms in total. The van der Waals surface area contributed by atoms with Crippen LogP contribution in [0.15, 0.2) is 18.2 Å². The predicted molar refractivity (Wildman–Crippen MR) is 75.1 cm³/mol. The molecule has 0 unspecified atom stereocenters. The maximum Gasteiger partial charge on any atom is 0.225 e. The van der Waals surface area contributed by atoms with Crippen molar-refractivity contribution in [2.75, 3.05) is 25.0 Å². The normalized spacial score (nSPS) is 15.9. The minimum atomic E-state index is 0.0399. The molecule has 0 radical (unpaired) electrons. The van der Waals surface area contributed by atoms with Gasteiger partial charge in [-0.25, -0.2) is 0 Å². The number of benzene rings is 1. The van der Waals surface area contributed by atoms with E-state index in [1.54, 1.807) is 6.07 Å². The Morgan fingerprint density at radius 2 is 2.11 bits per heavy atom. The third-order valence-corrected chi connectivity index (χ3v) is 3.66. The van der Waals surface area contributed by atoms with Gasteiger partial charge in [0.2, 0.25) is 5.91 Å². The second-order valence-electron chi connectivity index (χ2n) is 4.78. The molecule has 0 saturated carbocycles. The number of hydrogen-bond acceptors (Lipinski definition) is 2. The standard InChI is InChI=1S/C14H19ClN2O/c1-11-5-4-6-12(15)14(11)16-13(18)7-10-17-8-2-3-9-17/h4-6H,2-3,7-10H2,1H3,(H,16,18). The molecule has 0 spiro atoms. The van der Waals surface area contributed by atoms with E-state index in [2.05, 4.69) is 10.2 Å². The lowest BCUT2D eigenvalue weighted by atomic mass is 10.2. The maximum atomic E-state index is 11.9. The van der Waals surface area contributed by atoms with Crippen LogP contribution in [0.5, 0.6) is 0 Å². The summed E-state index contributed by atoms with van der Waals surface area (Å²) in [5, 5.41) is 3.51. The Balaban J connectivity index is 1.86. The summed E-state index contributed by atoms with van der Waals surface area (Å²) in [6, 6.07) is 5.63. The number of nitrogens with zero attached hydrogens (tertiary/aromatic N) is 1. The van der Waals surface area contributed by atoms with Gasteiger partial charge in [-0.15, -0.1) is 0 Å². The molecule has 1 N–H and O–H groups in total. The first kappa shape index (κ1) is 13.4. The van der Waals surface area contributed by atoms with Gasteiger partial charge in [-0.2, -0.15) is 0 Å². The molecule has 98 valence electrons. The number of nitrogens with one attached hydrogen (secondary N) is 1. The second kappa shape index (κ2) is 6.21. The molecule has 1 aromatic carbocycles. The zero-order valence-corrected chi connectivity index (χ0v) is 11.5. The smallest absolute Gasteiger partial charge is 0.225 e. The zero-order valence-electron chi connectivity index (χ0n) is 10.7. The third-order valence-electron chi connectivity index (χ3n) is 3.34. The van der Waals surface area contributed by atoms with Gasteiger partial charge < -0.3 is 10.2 Å². The summed E-state index contributed by atoms with van der Waals surface area (Å²) in [5.74, 6) is 0.0399. The molecule has 4 heteroatoms. The fourth-order valence-corrected chi connectivity index (χ4v) is 2.53. The number of rotatable bonds is 4. The molecule has 1 fully saturated rings. The van der Waals surface area contributed by atoms with Crippen LogP contribution in [0.4, 0.5) is 5.69 Å². The Kier molecular flexibility index (Phi) is 4.61. The van der Waals surface area contributed by atoms with Crippen molar-refractivity contribution in [2.45, 2.75) is 26.2 Å². The van der Waals surface area contributed by atoms with E-state index in [4.69, 9.17) is 11.6 Å².